The minimum Gasteiger partial charge on any atom is -0.497 e. The standard InChI is InChI=1S/C22H23N3O6S2/c1-14-4-6-16(7-5-14)19-13-32-22(23-19)24-20(26)12-31-21(27)15(2)25-33(28,29)18-10-8-17(30-3)9-11-18/h4-11,13,15,25H,12H2,1-3H3,(H,23,24,26). The van der Waals surface area contributed by atoms with E-state index in [4.69, 9.17) is 9.47 Å². The Bertz CT molecular complexity index is 1220. The van der Waals surface area contributed by atoms with E-state index in [1.165, 1.54) is 49.6 Å². The monoisotopic (exact) mass is 489 g/mol. The van der Waals surface area contributed by atoms with Gasteiger partial charge < -0.3 is 9.47 Å². The first kappa shape index (κ1) is 24.4. The lowest BCUT2D eigenvalue weighted by Crippen LogP contribution is -2.40. The number of methoxy groups -OCH3 is 1. The fraction of sp³-hybridized carbons (Fsp3) is 0.227. The Morgan fingerprint density at radius 2 is 1.76 bits per heavy atom. The topological polar surface area (TPSA) is 124 Å². The number of rotatable bonds is 9. The van der Waals surface area contributed by atoms with Crippen molar-refractivity contribution in [3.63, 3.8) is 0 Å². The van der Waals surface area contributed by atoms with Crippen LogP contribution >= 0.6 is 11.3 Å². The van der Waals surface area contributed by atoms with Gasteiger partial charge in [-0.2, -0.15) is 4.72 Å². The number of sulfonamides is 1. The van der Waals surface area contributed by atoms with Crippen molar-refractivity contribution < 1.29 is 27.5 Å². The average Bonchev–Trinajstić information content (AvgIpc) is 3.26. The molecule has 2 N–H and O–H groups in total. The first-order valence-electron chi connectivity index (χ1n) is 9.83. The Balaban J connectivity index is 1.50. The van der Waals surface area contributed by atoms with Gasteiger partial charge in [0, 0.05) is 10.9 Å². The van der Waals surface area contributed by atoms with Crippen molar-refractivity contribution in [1.29, 1.82) is 0 Å². The molecule has 0 fully saturated rings. The summed E-state index contributed by atoms with van der Waals surface area (Å²) in [6.07, 6.45) is 0. The van der Waals surface area contributed by atoms with Gasteiger partial charge in [0.05, 0.1) is 17.7 Å². The summed E-state index contributed by atoms with van der Waals surface area (Å²) in [7, 11) is -2.49. The number of nitrogens with zero attached hydrogens (tertiary/aromatic N) is 1. The molecule has 0 saturated heterocycles. The summed E-state index contributed by atoms with van der Waals surface area (Å²) >= 11 is 1.24. The normalized spacial score (nSPS) is 12.1. The molecule has 33 heavy (non-hydrogen) atoms. The lowest BCUT2D eigenvalue weighted by Gasteiger charge is -2.13. The van der Waals surface area contributed by atoms with Crippen LogP contribution in [0.15, 0.2) is 58.8 Å². The summed E-state index contributed by atoms with van der Waals surface area (Å²) in [4.78, 5) is 28.6. The highest BCUT2D eigenvalue weighted by Crippen LogP contribution is 2.25. The molecule has 1 amide bonds. The number of anilines is 1. The number of ether oxygens (including phenoxy) is 2. The van der Waals surface area contributed by atoms with Crippen LogP contribution in [-0.4, -0.2) is 45.0 Å². The lowest BCUT2D eigenvalue weighted by atomic mass is 10.1. The van der Waals surface area contributed by atoms with Crippen molar-refractivity contribution in [3.8, 4) is 17.0 Å². The largest absolute Gasteiger partial charge is 0.497 e. The van der Waals surface area contributed by atoms with Gasteiger partial charge in [-0.3, -0.25) is 14.9 Å². The third-order valence-electron chi connectivity index (χ3n) is 4.50. The Morgan fingerprint density at radius 3 is 2.39 bits per heavy atom. The minimum absolute atomic E-state index is 0.0335. The number of nitrogens with one attached hydrogen (secondary N) is 2. The molecular formula is C22H23N3O6S2. The van der Waals surface area contributed by atoms with Gasteiger partial charge in [-0.1, -0.05) is 29.8 Å². The van der Waals surface area contributed by atoms with Gasteiger partial charge >= 0.3 is 5.97 Å². The Hall–Kier alpha value is -3.28. The lowest BCUT2D eigenvalue weighted by molar-refractivity contribution is -0.148. The van der Waals surface area contributed by atoms with Crippen LogP contribution in [0.4, 0.5) is 5.13 Å². The summed E-state index contributed by atoms with van der Waals surface area (Å²) in [5.41, 5.74) is 2.76. The zero-order valence-corrected chi connectivity index (χ0v) is 19.8. The molecule has 3 aromatic rings. The van der Waals surface area contributed by atoms with Gasteiger partial charge in [0.15, 0.2) is 11.7 Å². The third kappa shape index (κ3) is 6.60. The molecule has 3 rings (SSSR count). The summed E-state index contributed by atoms with van der Waals surface area (Å²) in [6, 6.07) is 12.3. The summed E-state index contributed by atoms with van der Waals surface area (Å²) in [6.45, 7) is 2.74. The van der Waals surface area contributed by atoms with Crippen LogP contribution in [0, 0.1) is 6.92 Å². The predicted octanol–water partition coefficient (Wildman–Crippen LogP) is 2.98. The Labute approximate surface area is 195 Å². The fourth-order valence-electron chi connectivity index (χ4n) is 2.71. The molecule has 2 aromatic carbocycles. The number of aryl methyl sites for hydroxylation is 1. The van der Waals surface area contributed by atoms with Gasteiger partial charge in [-0.25, -0.2) is 13.4 Å². The van der Waals surface area contributed by atoms with Crippen LogP contribution in [-0.2, 0) is 24.3 Å². The van der Waals surface area contributed by atoms with E-state index < -0.39 is 34.5 Å². The number of hydrogen-bond donors (Lipinski definition) is 2. The molecule has 0 aliphatic carbocycles. The average molecular weight is 490 g/mol. The van der Waals surface area contributed by atoms with E-state index in [1.807, 2.05) is 36.6 Å². The molecule has 1 atom stereocenters. The molecule has 1 unspecified atom stereocenters. The highest BCUT2D eigenvalue weighted by molar-refractivity contribution is 7.89. The smallest absolute Gasteiger partial charge is 0.324 e. The number of benzene rings is 2. The number of amides is 1. The fourth-order valence-corrected chi connectivity index (χ4v) is 4.64. The van der Waals surface area contributed by atoms with Crippen molar-refractivity contribution in [3.05, 3.63) is 59.5 Å². The van der Waals surface area contributed by atoms with Gasteiger partial charge in [0.2, 0.25) is 10.0 Å². The number of aromatic nitrogens is 1. The maximum absolute atomic E-state index is 12.4. The number of hydrogen-bond acceptors (Lipinski definition) is 8. The molecule has 9 nitrogen and oxygen atoms in total. The van der Waals surface area contributed by atoms with E-state index in [9.17, 15) is 18.0 Å². The molecular weight excluding hydrogens is 466 g/mol. The number of carbonyl (C=O) groups is 2. The Morgan fingerprint density at radius 1 is 1.09 bits per heavy atom. The second kappa shape index (κ2) is 10.6. The molecule has 11 heteroatoms. The highest BCUT2D eigenvalue weighted by atomic mass is 32.2. The van der Waals surface area contributed by atoms with Gasteiger partial charge in [-0.05, 0) is 38.1 Å². The van der Waals surface area contributed by atoms with Crippen LogP contribution in [0.3, 0.4) is 0 Å². The van der Waals surface area contributed by atoms with Crippen molar-refractivity contribution >= 4 is 38.4 Å². The van der Waals surface area contributed by atoms with Crippen LogP contribution in [0.5, 0.6) is 5.75 Å². The molecule has 0 spiro atoms. The van der Waals surface area contributed by atoms with E-state index in [1.54, 1.807) is 0 Å². The summed E-state index contributed by atoms with van der Waals surface area (Å²) in [5, 5.41) is 4.73. The molecule has 0 radical (unpaired) electrons. The van der Waals surface area contributed by atoms with Crippen LogP contribution in [0.2, 0.25) is 0 Å². The summed E-state index contributed by atoms with van der Waals surface area (Å²) in [5.74, 6) is -0.973. The van der Waals surface area contributed by atoms with Gasteiger partial charge in [-0.15, -0.1) is 11.3 Å². The minimum atomic E-state index is -3.96. The number of esters is 1. The van der Waals surface area contributed by atoms with Gasteiger partial charge in [0.25, 0.3) is 5.91 Å². The molecule has 0 aliphatic rings. The Kier molecular flexibility index (Phi) is 7.79. The maximum Gasteiger partial charge on any atom is 0.324 e. The van der Waals surface area contributed by atoms with E-state index in [2.05, 4.69) is 15.0 Å². The SMILES string of the molecule is COc1ccc(S(=O)(=O)NC(C)C(=O)OCC(=O)Nc2nc(-c3ccc(C)cc3)cs2)cc1. The quantitative estimate of drug-likeness (QED) is 0.443. The van der Waals surface area contributed by atoms with Gasteiger partial charge in [0.1, 0.15) is 11.8 Å². The molecule has 0 aliphatic heterocycles. The highest BCUT2D eigenvalue weighted by Gasteiger charge is 2.24. The van der Waals surface area contributed by atoms with E-state index in [-0.39, 0.29) is 4.90 Å². The van der Waals surface area contributed by atoms with Crippen molar-refractivity contribution in [2.24, 2.45) is 0 Å². The first-order chi connectivity index (χ1) is 15.7. The maximum atomic E-state index is 12.4. The van der Waals surface area contributed by atoms with Crippen LogP contribution in [0.1, 0.15) is 12.5 Å². The van der Waals surface area contributed by atoms with Crippen LogP contribution < -0.4 is 14.8 Å². The van der Waals surface area contributed by atoms with Crippen molar-refractivity contribution in [1.82, 2.24) is 9.71 Å². The predicted molar refractivity (Wildman–Crippen MR) is 125 cm³/mol. The molecule has 0 bridgehead atoms. The number of thiazole rings is 1. The first-order valence-corrected chi connectivity index (χ1v) is 12.2. The van der Waals surface area contributed by atoms with E-state index >= 15 is 0 Å². The second-order valence-electron chi connectivity index (χ2n) is 7.08. The summed E-state index contributed by atoms with van der Waals surface area (Å²) < 4.78 is 37.0. The van der Waals surface area contributed by atoms with Crippen molar-refractivity contribution in [2.45, 2.75) is 24.8 Å². The van der Waals surface area contributed by atoms with E-state index in [0.29, 0.717) is 16.6 Å². The molecule has 1 heterocycles. The van der Waals surface area contributed by atoms with Crippen LogP contribution in [0.25, 0.3) is 11.3 Å². The van der Waals surface area contributed by atoms with E-state index in [0.717, 1.165) is 11.1 Å². The molecule has 174 valence electrons. The molecule has 0 saturated carbocycles. The zero-order chi connectivity index (χ0) is 24.0. The second-order valence-corrected chi connectivity index (χ2v) is 9.65. The van der Waals surface area contributed by atoms with Crippen molar-refractivity contribution in [2.75, 3.05) is 19.0 Å². The third-order valence-corrected chi connectivity index (χ3v) is 6.81. The number of carbonyl (C=O) groups excluding carboxylic acids is 2. The zero-order valence-electron chi connectivity index (χ0n) is 18.2. The molecule has 1 aromatic heterocycles.